The number of ether oxygens (including phenoxy) is 2. The highest BCUT2D eigenvalue weighted by Gasteiger charge is 2.39. The minimum absolute atomic E-state index is 0.0511. The van der Waals surface area contributed by atoms with Gasteiger partial charge in [0.05, 0.1) is 11.6 Å². The molecular formula is C26H24FN3O5S. The van der Waals surface area contributed by atoms with Crippen molar-refractivity contribution >= 4 is 16.1 Å². The third-order valence-corrected chi connectivity index (χ3v) is 6.90. The minimum Gasteiger partial charge on any atom is -0.461 e. The van der Waals surface area contributed by atoms with Crippen molar-refractivity contribution in [1.29, 1.82) is 5.26 Å². The van der Waals surface area contributed by atoms with Gasteiger partial charge in [-0.1, -0.05) is 24.3 Å². The second-order valence-corrected chi connectivity index (χ2v) is 10.4. The fourth-order valence-corrected chi connectivity index (χ4v) is 4.50. The van der Waals surface area contributed by atoms with Crippen LogP contribution in [0.25, 0.3) is 11.1 Å². The molecule has 3 aromatic carbocycles. The fourth-order valence-electron chi connectivity index (χ4n) is 3.44. The van der Waals surface area contributed by atoms with Crippen LogP contribution in [0.4, 0.5) is 9.18 Å². The van der Waals surface area contributed by atoms with Gasteiger partial charge in [0.2, 0.25) is 6.36 Å². The third kappa shape index (κ3) is 6.12. The number of nitrogens with one attached hydrogen (secondary N) is 2. The Morgan fingerprint density at radius 2 is 1.78 bits per heavy atom. The molecule has 0 saturated heterocycles. The molecule has 1 fully saturated rings. The first-order valence-corrected chi connectivity index (χ1v) is 12.6. The largest absolute Gasteiger partial charge is 0.461 e. The Labute approximate surface area is 208 Å². The molecule has 2 N–H and O–H groups in total. The lowest BCUT2D eigenvalue weighted by Gasteiger charge is -2.16. The van der Waals surface area contributed by atoms with Crippen LogP contribution >= 0.6 is 0 Å². The van der Waals surface area contributed by atoms with Gasteiger partial charge in [-0.15, -0.1) is 0 Å². The van der Waals surface area contributed by atoms with Crippen LogP contribution in [-0.4, -0.2) is 26.3 Å². The standard InChI is InChI=1S/C26H24FN3O5S/c1-17(27)34-21-9-7-19(8-10-21)20-4-3-5-22(15-20)35-23-11-6-18(16-28)14-24(23)36(32,33)30-25(31)29-26(2)12-13-26/h3-11,14-15,17H,12-13H2,1-2H3,(H2,29,30,31). The normalized spacial score (nSPS) is 14.7. The third-order valence-electron chi connectivity index (χ3n) is 5.55. The number of alkyl halides is 1. The van der Waals surface area contributed by atoms with E-state index in [1.165, 1.54) is 19.1 Å². The Bertz CT molecular complexity index is 1430. The number of hydrogen-bond acceptors (Lipinski definition) is 6. The fraction of sp³-hybridized carbons (Fsp3) is 0.231. The molecule has 10 heteroatoms. The van der Waals surface area contributed by atoms with E-state index in [1.807, 2.05) is 23.8 Å². The highest BCUT2D eigenvalue weighted by atomic mass is 32.2. The van der Waals surface area contributed by atoms with Gasteiger partial charge < -0.3 is 14.8 Å². The number of nitrogens with zero attached hydrogens (tertiary/aromatic N) is 1. The monoisotopic (exact) mass is 509 g/mol. The van der Waals surface area contributed by atoms with Crippen molar-refractivity contribution in [1.82, 2.24) is 10.0 Å². The summed E-state index contributed by atoms with van der Waals surface area (Å²) >= 11 is 0. The Morgan fingerprint density at radius 3 is 2.42 bits per heavy atom. The number of halogens is 1. The molecule has 1 aliphatic carbocycles. The number of urea groups is 1. The predicted molar refractivity (Wildman–Crippen MR) is 131 cm³/mol. The molecule has 2 amide bonds. The number of nitriles is 1. The van der Waals surface area contributed by atoms with Crippen molar-refractivity contribution in [2.24, 2.45) is 0 Å². The summed E-state index contributed by atoms with van der Waals surface area (Å²) in [5, 5.41) is 11.9. The van der Waals surface area contributed by atoms with Crippen molar-refractivity contribution < 1.29 is 27.1 Å². The molecule has 36 heavy (non-hydrogen) atoms. The molecule has 1 atom stereocenters. The maximum Gasteiger partial charge on any atom is 0.329 e. The molecule has 0 radical (unpaired) electrons. The highest BCUT2D eigenvalue weighted by molar-refractivity contribution is 7.90. The van der Waals surface area contributed by atoms with E-state index in [9.17, 15) is 22.9 Å². The van der Waals surface area contributed by atoms with Gasteiger partial charge in [-0.05, 0) is 73.4 Å². The van der Waals surface area contributed by atoms with Gasteiger partial charge in [-0.25, -0.2) is 22.3 Å². The Morgan fingerprint density at radius 1 is 1.06 bits per heavy atom. The van der Waals surface area contributed by atoms with Gasteiger partial charge in [0.15, 0.2) is 0 Å². The average molecular weight is 510 g/mol. The van der Waals surface area contributed by atoms with E-state index in [2.05, 4.69) is 5.32 Å². The molecule has 3 aromatic rings. The summed E-state index contributed by atoms with van der Waals surface area (Å²) in [6.07, 6.45) is 0.0995. The number of hydrogen-bond donors (Lipinski definition) is 2. The molecule has 1 saturated carbocycles. The predicted octanol–water partition coefficient (Wildman–Crippen LogP) is 5.25. The summed E-state index contributed by atoms with van der Waals surface area (Å²) in [6.45, 7) is 3.11. The van der Waals surface area contributed by atoms with Gasteiger partial charge in [0, 0.05) is 12.5 Å². The summed E-state index contributed by atoms with van der Waals surface area (Å²) in [6, 6.07) is 18.7. The first kappa shape index (κ1) is 25.0. The van der Waals surface area contributed by atoms with E-state index in [-0.39, 0.29) is 16.2 Å². The second kappa shape index (κ2) is 9.87. The summed E-state index contributed by atoms with van der Waals surface area (Å²) in [5.41, 5.74) is 1.25. The molecule has 1 aliphatic rings. The van der Waals surface area contributed by atoms with E-state index in [1.54, 1.807) is 42.5 Å². The average Bonchev–Trinajstić information content (AvgIpc) is 3.55. The number of carbonyl (C=O) groups is 1. The maximum absolute atomic E-state index is 13.1. The lowest BCUT2D eigenvalue weighted by molar-refractivity contribution is 0.0861. The van der Waals surface area contributed by atoms with Crippen molar-refractivity contribution in [2.45, 2.75) is 43.5 Å². The van der Waals surface area contributed by atoms with E-state index >= 15 is 0 Å². The number of carbonyl (C=O) groups excluding carboxylic acids is 1. The van der Waals surface area contributed by atoms with Gasteiger partial charge in [-0.3, -0.25) is 0 Å². The Kier molecular flexibility index (Phi) is 6.86. The first-order chi connectivity index (χ1) is 17.1. The SMILES string of the molecule is CC(F)Oc1ccc(-c2cccc(Oc3ccc(C#N)cc3S(=O)(=O)NC(=O)NC3(C)CC3)c2)cc1. The number of rotatable bonds is 8. The Hall–Kier alpha value is -4.10. The van der Waals surface area contributed by atoms with Crippen LogP contribution in [-0.2, 0) is 10.0 Å². The summed E-state index contributed by atoms with van der Waals surface area (Å²) in [5.74, 6) is 0.673. The van der Waals surface area contributed by atoms with Crippen LogP contribution in [0.2, 0.25) is 0 Å². The first-order valence-electron chi connectivity index (χ1n) is 11.2. The summed E-state index contributed by atoms with van der Waals surface area (Å²) in [4.78, 5) is 11.9. The Balaban J connectivity index is 1.59. The van der Waals surface area contributed by atoms with E-state index in [0.717, 1.165) is 30.0 Å². The number of amides is 2. The molecule has 4 rings (SSSR count). The van der Waals surface area contributed by atoms with E-state index in [4.69, 9.17) is 9.47 Å². The quantitative estimate of drug-likeness (QED) is 0.428. The van der Waals surface area contributed by atoms with Crippen LogP contribution < -0.4 is 19.5 Å². The van der Waals surface area contributed by atoms with Crippen molar-refractivity contribution in [3.8, 4) is 34.4 Å². The molecular weight excluding hydrogens is 485 g/mol. The molecule has 8 nitrogen and oxygen atoms in total. The number of benzene rings is 3. The molecule has 1 unspecified atom stereocenters. The molecule has 0 aliphatic heterocycles. The van der Waals surface area contributed by atoms with Crippen LogP contribution in [0.1, 0.15) is 32.3 Å². The summed E-state index contributed by atoms with van der Waals surface area (Å²) in [7, 11) is -4.35. The van der Waals surface area contributed by atoms with Crippen LogP contribution in [0, 0.1) is 11.3 Å². The maximum atomic E-state index is 13.1. The van der Waals surface area contributed by atoms with Crippen molar-refractivity contribution in [3.63, 3.8) is 0 Å². The minimum atomic E-state index is -4.35. The molecule has 0 heterocycles. The van der Waals surface area contributed by atoms with Crippen LogP contribution in [0.15, 0.2) is 71.6 Å². The lowest BCUT2D eigenvalue weighted by atomic mass is 10.1. The van der Waals surface area contributed by atoms with Gasteiger partial charge in [0.1, 0.15) is 22.1 Å². The van der Waals surface area contributed by atoms with E-state index in [0.29, 0.717) is 11.5 Å². The smallest absolute Gasteiger partial charge is 0.329 e. The van der Waals surface area contributed by atoms with E-state index < -0.39 is 28.0 Å². The molecule has 0 bridgehead atoms. The van der Waals surface area contributed by atoms with Gasteiger partial charge >= 0.3 is 6.03 Å². The summed E-state index contributed by atoms with van der Waals surface area (Å²) < 4.78 is 52.0. The topological polar surface area (TPSA) is 118 Å². The van der Waals surface area contributed by atoms with Crippen LogP contribution in [0.5, 0.6) is 17.2 Å². The van der Waals surface area contributed by atoms with Gasteiger partial charge in [0.25, 0.3) is 10.0 Å². The van der Waals surface area contributed by atoms with Crippen molar-refractivity contribution in [3.05, 3.63) is 72.3 Å². The molecule has 0 spiro atoms. The second-order valence-electron chi connectivity index (χ2n) is 8.71. The van der Waals surface area contributed by atoms with Crippen LogP contribution in [0.3, 0.4) is 0 Å². The number of sulfonamides is 1. The zero-order chi connectivity index (χ0) is 25.9. The van der Waals surface area contributed by atoms with Gasteiger partial charge in [-0.2, -0.15) is 5.26 Å². The molecule has 0 aromatic heterocycles. The zero-order valence-corrected chi connectivity index (χ0v) is 20.4. The molecule has 186 valence electrons. The zero-order valence-electron chi connectivity index (χ0n) is 19.6. The highest BCUT2D eigenvalue weighted by Crippen LogP contribution is 2.35. The lowest BCUT2D eigenvalue weighted by Crippen LogP contribution is -2.44. The van der Waals surface area contributed by atoms with Crippen molar-refractivity contribution in [2.75, 3.05) is 0 Å².